The third-order valence-corrected chi connectivity index (χ3v) is 5.02. The van der Waals surface area contributed by atoms with Crippen molar-refractivity contribution < 1.29 is 4.79 Å². The summed E-state index contributed by atoms with van der Waals surface area (Å²) in [5, 5.41) is 3.62. The number of aryl methyl sites for hydroxylation is 1. The number of anilines is 1. The standard InChI is InChI=1S/C23H18ClN3O3/c1-15-6-10-17(11-7-15)25-21(28)14-26-20-5-3-2-4-19(20)22(29)27(23(26)30)18-12-8-16(24)9-13-18/h2-13H,14H2,1H3,(H,25,28). The third kappa shape index (κ3) is 3.77. The molecule has 0 atom stereocenters. The zero-order chi connectivity index (χ0) is 21.3. The van der Waals surface area contributed by atoms with Crippen LogP contribution in [0.15, 0.2) is 82.4 Å². The molecule has 6 nitrogen and oxygen atoms in total. The SMILES string of the molecule is Cc1ccc(NC(=O)Cn2c(=O)n(-c3ccc(Cl)cc3)c(=O)c3ccccc32)cc1. The van der Waals surface area contributed by atoms with E-state index in [4.69, 9.17) is 11.6 Å². The van der Waals surface area contributed by atoms with Crippen molar-refractivity contribution in [3.63, 3.8) is 0 Å². The van der Waals surface area contributed by atoms with E-state index in [1.807, 2.05) is 19.1 Å². The maximum Gasteiger partial charge on any atom is 0.336 e. The normalized spacial score (nSPS) is 10.9. The van der Waals surface area contributed by atoms with E-state index in [2.05, 4.69) is 5.32 Å². The molecule has 1 aromatic heterocycles. The van der Waals surface area contributed by atoms with Gasteiger partial charge in [-0.05, 0) is 55.5 Å². The monoisotopic (exact) mass is 419 g/mol. The Hall–Kier alpha value is -3.64. The average molecular weight is 420 g/mol. The van der Waals surface area contributed by atoms with Gasteiger partial charge >= 0.3 is 5.69 Å². The molecule has 1 heterocycles. The molecule has 7 heteroatoms. The minimum Gasteiger partial charge on any atom is -0.325 e. The molecule has 1 amide bonds. The highest BCUT2D eigenvalue weighted by Gasteiger charge is 2.16. The van der Waals surface area contributed by atoms with Crippen molar-refractivity contribution in [3.05, 3.63) is 104 Å². The van der Waals surface area contributed by atoms with Crippen LogP contribution in [0.1, 0.15) is 5.56 Å². The second-order valence-corrected chi connectivity index (χ2v) is 7.35. The van der Waals surface area contributed by atoms with Gasteiger partial charge in [0, 0.05) is 10.7 Å². The molecule has 0 aliphatic heterocycles. The molecule has 1 N–H and O–H groups in total. The minimum absolute atomic E-state index is 0.235. The lowest BCUT2D eigenvalue weighted by atomic mass is 10.2. The molecule has 0 radical (unpaired) electrons. The molecule has 0 saturated heterocycles. The summed E-state index contributed by atoms with van der Waals surface area (Å²) in [4.78, 5) is 38.9. The van der Waals surface area contributed by atoms with Crippen LogP contribution < -0.4 is 16.6 Å². The molecular formula is C23H18ClN3O3. The summed E-state index contributed by atoms with van der Waals surface area (Å²) < 4.78 is 2.35. The van der Waals surface area contributed by atoms with Crippen molar-refractivity contribution in [1.82, 2.24) is 9.13 Å². The van der Waals surface area contributed by atoms with E-state index in [0.29, 0.717) is 27.3 Å². The van der Waals surface area contributed by atoms with Crippen LogP contribution in [-0.4, -0.2) is 15.0 Å². The van der Waals surface area contributed by atoms with Crippen LogP contribution in [0.4, 0.5) is 5.69 Å². The second kappa shape index (κ2) is 8.00. The van der Waals surface area contributed by atoms with E-state index in [-0.39, 0.29) is 12.5 Å². The largest absolute Gasteiger partial charge is 0.336 e. The number of para-hydroxylation sites is 1. The predicted molar refractivity (Wildman–Crippen MR) is 119 cm³/mol. The van der Waals surface area contributed by atoms with Gasteiger partial charge in [0.25, 0.3) is 5.56 Å². The number of hydrogen-bond acceptors (Lipinski definition) is 3. The van der Waals surface area contributed by atoms with Crippen molar-refractivity contribution in [2.45, 2.75) is 13.5 Å². The number of carbonyl (C=O) groups excluding carboxylic acids is 1. The zero-order valence-corrected chi connectivity index (χ0v) is 16.9. The number of halogens is 1. The van der Waals surface area contributed by atoms with Gasteiger partial charge in [-0.2, -0.15) is 0 Å². The Morgan fingerprint density at radius 1 is 0.933 bits per heavy atom. The Bertz CT molecular complexity index is 1350. The number of amides is 1. The van der Waals surface area contributed by atoms with Crippen molar-refractivity contribution in [2.24, 2.45) is 0 Å². The first-order valence-corrected chi connectivity index (χ1v) is 9.69. The molecule has 0 bridgehead atoms. The molecular weight excluding hydrogens is 402 g/mol. The van der Waals surface area contributed by atoms with Crippen LogP contribution >= 0.6 is 11.6 Å². The molecule has 3 aromatic carbocycles. The maximum absolute atomic E-state index is 13.2. The highest BCUT2D eigenvalue weighted by molar-refractivity contribution is 6.30. The summed E-state index contributed by atoms with van der Waals surface area (Å²) in [6.45, 7) is 1.72. The fraction of sp³-hybridized carbons (Fsp3) is 0.0870. The fourth-order valence-electron chi connectivity index (χ4n) is 3.27. The summed E-state index contributed by atoms with van der Waals surface area (Å²) in [6.07, 6.45) is 0. The molecule has 0 spiro atoms. The first kappa shape index (κ1) is 19.7. The number of nitrogens with zero attached hydrogens (tertiary/aromatic N) is 2. The van der Waals surface area contributed by atoms with E-state index in [1.165, 1.54) is 4.57 Å². The molecule has 0 unspecified atom stereocenters. The van der Waals surface area contributed by atoms with E-state index in [9.17, 15) is 14.4 Å². The van der Waals surface area contributed by atoms with Crippen LogP contribution in [0.3, 0.4) is 0 Å². The fourth-order valence-corrected chi connectivity index (χ4v) is 3.40. The van der Waals surface area contributed by atoms with E-state index in [1.54, 1.807) is 60.7 Å². The van der Waals surface area contributed by atoms with Gasteiger partial charge in [0.15, 0.2) is 0 Å². The van der Waals surface area contributed by atoms with Gasteiger partial charge in [0.1, 0.15) is 6.54 Å². The molecule has 4 rings (SSSR count). The highest BCUT2D eigenvalue weighted by Crippen LogP contribution is 2.14. The maximum atomic E-state index is 13.2. The minimum atomic E-state index is -0.597. The average Bonchev–Trinajstić information content (AvgIpc) is 2.74. The van der Waals surface area contributed by atoms with E-state index >= 15 is 0 Å². The lowest BCUT2D eigenvalue weighted by Crippen LogP contribution is -2.40. The topological polar surface area (TPSA) is 73.1 Å². The van der Waals surface area contributed by atoms with Gasteiger partial charge in [-0.3, -0.25) is 14.2 Å². The van der Waals surface area contributed by atoms with Crippen molar-refractivity contribution in [3.8, 4) is 5.69 Å². The summed E-state index contributed by atoms with van der Waals surface area (Å²) >= 11 is 5.94. The smallest absolute Gasteiger partial charge is 0.325 e. The first-order valence-electron chi connectivity index (χ1n) is 9.31. The van der Waals surface area contributed by atoms with Gasteiger partial charge in [0.05, 0.1) is 16.6 Å². The predicted octanol–water partition coefficient (Wildman–Crippen LogP) is 3.75. The van der Waals surface area contributed by atoms with Crippen LogP contribution in [0.25, 0.3) is 16.6 Å². The van der Waals surface area contributed by atoms with Gasteiger partial charge < -0.3 is 5.32 Å². The Morgan fingerprint density at radius 2 is 1.60 bits per heavy atom. The Labute approximate surface area is 177 Å². The lowest BCUT2D eigenvalue weighted by Gasteiger charge is -2.14. The van der Waals surface area contributed by atoms with Gasteiger partial charge in [-0.1, -0.05) is 41.4 Å². The molecule has 0 fully saturated rings. The van der Waals surface area contributed by atoms with Gasteiger partial charge in [-0.25, -0.2) is 9.36 Å². The van der Waals surface area contributed by atoms with Gasteiger partial charge in [-0.15, -0.1) is 0 Å². The molecule has 4 aromatic rings. The summed E-state index contributed by atoms with van der Waals surface area (Å²) in [7, 11) is 0. The van der Waals surface area contributed by atoms with Crippen molar-refractivity contribution >= 4 is 34.1 Å². The number of fused-ring (bicyclic) bond motifs is 1. The number of benzene rings is 3. The summed E-state index contributed by atoms with van der Waals surface area (Å²) in [6, 6.07) is 20.5. The first-order chi connectivity index (χ1) is 14.4. The Morgan fingerprint density at radius 3 is 2.30 bits per heavy atom. The summed E-state index contributed by atoms with van der Waals surface area (Å²) in [5.74, 6) is -0.368. The highest BCUT2D eigenvalue weighted by atomic mass is 35.5. The molecule has 0 saturated carbocycles. The summed E-state index contributed by atoms with van der Waals surface area (Å²) in [5.41, 5.74) is 1.44. The number of carbonyl (C=O) groups is 1. The number of aromatic nitrogens is 2. The number of hydrogen-bond donors (Lipinski definition) is 1. The van der Waals surface area contributed by atoms with Crippen molar-refractivity contribution in [2.75, 3.05) is 5.32 Å². The lowest BCUT2D eigenvalue weighted by molar-refractivity contribution is -0.116. The van der Waals surface area contributed by atoms with Crippen LogP contribution in [0, 0.1) is 6.92 Å². The zero-order valence-electron chi connectivity index (χ0n) is 16.1. The van der Waals surface area contributed by atoms with E-state index < -0.39 is 11.2 Å². The van der Waals surface area contributed by atoms with Crippen molar-refractivity contribution in [1.29, 1.82) is 0 Å². The molecule has 30 heavy (non-hydrogen) atoms. The molecule has 0 aliphatic rings. The van der Waals surface area contributed by atoms with E-state index in [0.717, 1.165) is 10.1 Å². The molecule has 0 aliphatic carbocycles. The third-order valence-electron chi connectivity index (χ3n) is 4.77. The Balaban J connectivity index is 1.81. The number of rotatable bonds is 4. The Kier molecular flexibility index (Phi) is 5.25. The van der Waals surface area contributed by atoms with Crippen LogP contribution in [0.5, 0.6) is 0 Å². The number of nitrogens with one attached hydrogen (secondary N) is 1. The van der Waals surface area contributed by atoms with Crippen LogP contribution in [0.2, 0.25) is 5.02 Å². The van der Waals surface area contributed by atoms with Crippen LogP contribution in [-0.2, 0) is 11.3 Å². The quantitative estimate of drug-likeness (QED) is 0.547. The molecule has 150 valence electrons. The second-order valence-electron chi connectivity index (χ2n) is 6.92. The van der Waals surface area contributed by atoms with Gasteiger partial charge in [0.2, 0.25) is 5.91 Å².